The molecule has 0 atom stereocenters. The topological polar surface area (TPSA) is 93.0 Å². The molecule has 0 aliphatic carbocycles. The summed E-state index contributed by atoms with van der Waals surface area (Å²) in [5, 5.41) is 7.48. The van der Waals surface area contributed by atoms with E-state index in [1.165, 1.54) is 11.3 Å². The Labute approximate surface area is 185 Å². The van der Waals surface area contributed by atoms with Crippen molar-refractivity contribution >= 4 is 23.2 Å². The first-order chi connectivity index (χ1) is 15.0. The van der Waals surface area contributed by atoms with Gasteiger partial charge in [-0.1, -0.05) is 6.07 Å². The molecule has 0 spiro atoms. The number of piperidine rings is 1. The van der Waals surface area contributed by atoms with Crippen LogP contribution in [0.2, 0.25) is 0 Å². The molecule has 3 aromatic heterocycles. The normalized spacial score (nSPS) is 14.6. The van der Waals surface area contributed by atoms with Crippen molar-refractivity contribution in [2.45, 2.75) is 32.7 Å². The molecule has 4 heterocycles. The Morgan fingerprint density at radius 3 is 2.71 bits per heavy atom. The first-order valence-corrected chi connectivity index (χ1v) is 11.3. The quantitative estimate of drug-likeness (QED) is 0.639. The Balaban J connectivity index is 1.34. The van der Waals surface area contributed by atoms with Crippen molar-refractivity contribution in [3.05, 3.63) is 63.6 Å². The standard InChI is InChI=1S/C22H26N6O2S/c1-15-20(31-14-25-15)22(30)28-9-6-16(7-10-28)11-19-18(13-27(2)26-19)21(29)24-12-17-5-3-4-8-23-17/h3-5,8,13-14,16H,6-7,9-12H2,1-2H3,(H,24,29). The molecule has 162 valence electrons. The molecule has 31 heavy (non-hydrogen) atoms. The Morgan fingerprint density at radius 2 is 2.03 bits per heavy atom. The summed E-state index contributed by atoms with van der Waals surface area (Å²) >= 11 is 1.40. The minimum atomic E-state index is -0.137. The Hall–Kier alpha value is -3.07. The summed E-state index contributed by atoms with van der Waals surface area (Å²) in [4.78, 5) is 36.5. The van der Waals surface area contributed by atoms with Gasteiger partial charge in [-0.3, -0.25) is 19.3 Å². The summed E-state index contributed by atoms with van der Waals surface area (Å²) in [6.07, 6.45) is 6.01. The highest BCUT2D eigenvalue weighted by Crippen LogP contribution is 2.25. The molecule has 1 saturated heterocycles. The zero-order valence-electron chi connectivity index (χ0n) is 17.7. The second-order valence-electron chi connectivity index (χ2n) is 7.87. The molecule has 1 aliphatic rings. The fourth-order valence-corrected chi connectivity index (χ4v) is 4.68. The van der Waals surface area contributed by atoms with Crippen LogP contribution in [0.1, 0.15) is 50.0 Å². The summed E-state index contributed by atoms with van der Waals surface area (Å²) in [6.45, 7) is 3.69. The van der Waals surface area contributed by atoms with Crippen LogP contribution < -0.4 is 5.32 Å². The predicted molar refractivity (Wildman–Crippen MR) is 118 cm³/mol. The number of nitrogens with one attached hydrogen (secondary N) is 1. The number of hydrogen-bond donors (Lipinski definition) is 1. The van der Waals surface area contributed by atoms with Crippen molar-refractivity contribution in [2.75, 3.05) is 13.1 Å². The molecule has 9 heteroatoms. The summed E-state index contributed by atoms with van der Waals surface area (Å²) in [6, 6.07) is 5.63. The van der Waals surface area contributed by atoms with Crippen LogP contribution in [0.5, 0.6) is 0 Å². The van der Waals surface area contributed by atoms with Crippen LogP contribution in [0, 0.1) is 12.8 Å². The van der Waals surface area contributed by atoms with E-state index in [2.05, 4.69) is 20.4 Å². The van der Waals surface area contributed by atoms with E-state index < -0.39 is 0 Å². The second-order valence-corrected chi connectivity index (χ2v) is 8.73. The fourth-order valence-electron chi connectivity index (χ4n) is 3.91. The van der Waals surface area contributed by atoms with Gasteiger partial charge in [0.05, 0.1) is 34.7 Å². The Morgan fingerprint density at radius 1 is 1.23 bits per heavy atom. The number of carbonyl (C=O) groups is 2. The van der Waals surface area contributed by atoms with Crippen LogP contribution in [-0.2, 0) is 20.0 Å². The summed E-state index contributed by atoms with van der Waals surface area (Å²) < 4.78 is 1.69. The van der Waals surface area contributed by atoms with Crippen LogP contribution in [0.4, 0.5) is 0 Å². The van der Waals surface area contributed by atoms with Crippen molar-refractivity contribution < 1.29 is 9.59 Å². The van der Waals surface area contributed by atoms with E-state index in [-0.39, 0.29) is 11.8 Å². The van der Waals surface area contributed by atoms with Crippen LogP contribution >= 0.6 is 11.3 Å². The third-order valence-electron chi connectivity index (χ3n) is 5.63. The molecule has 3 aromatic rings. The monoisotopic (exact) mass is 438 g/mol. The fraction of sp³-hybridized carbons (Fsp3) is 0.409. The smallest absolute Gasteiger partial charge is 0.265 e. The van der Waals surface area contributed by atoms with Crippen molar-refractivity contribution in [3.8, 4) is 0 Å². The number of aromatic nitrogens is 4. The molecule has 4 rings (SSSR count). The first kappa shape index (κ1) is 21.2. The van der Waals surface area contributed by atoms with Crippen LogP contribution in [0.15, 0.2) is 36.1 Å². The van der Waals surface area contributed by atoms with E-state index in [0.717, 1.165) is 54.3 Å². The zero-order chi connectivity index (χ0) is 21.8. The average Bonchev–Trinajstić information content (AvgIpc) is 3.38. The highest BCUT2D eigenvalue weighted by atomic mass is 32.1. The predicted octanol–water partition coefficient (Wildman–Crippen LogP) is 2.60. The largest absolute Gasteiger partial charge is 0.346 e. The Bertz CT molecular complexity index is 1050. The van der Waals surface area contributed by atoms with Crippen LogP contribution in [-0.4, -0.2) is 49.6 Å². The third kappa shape index (κ3) is 4.99. The molecule has 0 saturated carbocycles. The zero-order valence-corrected chi connectivity index (χ0v) is 18.6. The lowest BCUT2D eigenvalue weighted by Crippen LogP contribution is -2.39. The maximum atomic E-state index is 12.7. The number of likely N-dealkylation sites (tertiary alicyclic amines) is 1. The van der Waals surface area contributed by atoms with Crippen molar-refractivity contribution in [1.29, 1.82) is 0 Å². The minimum absolute atomic E-state index is 0.0749. The number of pyridine rings is 1. The highest BCUT2D eigenvalue weighted by molar-refractivity contribution is 7.11. The van der Waals surface area contributed by atoms with Gasteiger partial charge in [-0.05, 0) is 44.2 Å². The van der Waals surface area contributed by atoms with Gasteiger partial charge in [0.1, 0.15) is 4.88 Å². The van der Waals surface area contributed by atoms with Gasteiger partial charge in [0.15, 0.2) is 0 Å². The van der Waals surface area contributed by atoms with E-state index in [1.807, 2.05) is 37.1 Å². The molecular weight excluding hydrogens is 412 g/mol. The van der Waals surface area contributed by atoms with E-state index in [1.54, 1.807) is 22.6 Å². The van der Waals surface area contributed by atoms with E-state index >= 15 is 0 Å². The number of thiazole rings is 1. The van der Waals surface area contributed by atoms with E-state index in [4.69, 9.17) is 0 Å². The van der Waals surface area contributed by atoms with Gasteiger partial charge in [-0.15, -0.1) is 11.3 Å². The average molecular weight is 439 g/mol. The molecule has 8 nitrogen and oxygen atoms in total. The molecule has 0 bridgehead atoms. The molecule has 0 radical (unpaired) electrons. The van der Waals surface area contributed by atoms with Gasteiger partial charge in [-0.2, -0.15) is 5.10 Å². The lowest BCUT2D eigenvalue weighted by molar-refractivity contribution is 0.0694. The van der Waals surface area contributed by atoms with Gasteiger partial charge < -0.3 is 10.2 Å². The maximum absolute atomic E-state index is 12.7. The minimum Gasteiger partial charge on any atom is -0.346 e. The molecule has 1 aliphatic heterocycles. The first-order valence-electron chi connectivity index (χ1n) is 10.4. The summed E-state index contributed by atoms with van der Waals surface area (Å²) in [5.74, 6) is 0.330. The number of amides is 2. The third-order valence-corrected chi connectivity index (χ3v) is 6.55. The van der Waals surface area contributed by atoms with Crippen molar-refractivity contribution in [2.24, 2.45) is 13.0 Å². The van der Waals surface area contributed by atoms with Gasteiger partial charge in [0, 0.05) is 32.5 Å². The van der Waals surface area contributed by atoms with Crippen molar-refractivity contribution in [1.82, 2.24) is 30.0 Å². The summed E-state index contributed by atoms with van der Waals surface area (Å²) in [5.41, 5.74) is 4.75. The van der Waals surface area contributed by atoms with Crippen molar-refractivity contribution in [3.63, 3.8) is 0 Å². The molecule has 1 N–H and O–H groups in total. The Kier molecular flexibility index (Phi) is 6.41. The SMILES string of the molecule is Cc1ncsc1C(=O)N1CCC(Cc2nn(C)cc2C(=O)NCc2ccccn2)CC1. The second kappa shape index (κ2) is 9.38. The van der Waals surface area contributed by atoms with E-state index in [9.17, 15) is 9.59 Å². The molecule has 1 fully saturated rings. The number of nitrogens with zero attached hydrogens (tertiary/aromatic N) is 5. The van der Waals surface area contributed by atoms with Gasteiger partial charge >= 0.3 is 0 Å². The maximum Gasteiger partial charge on any atom is 0.265 e. The number of rotatable bonds is 6. The molecular formula is C22H26N6O2S. The van der Waals surface area contributed by atoms with Gasteiger partial charge in [0.25, 0.3) is 11.8 Å². The van der Waals surface area contributed by atoms with Gasteiger partial charge in [0.2, 0.25) is 0 Å². The lowest BCUT2D eigenvalue weighted by atomic mass is 9.91. The highest BCUT2D eigenvalue weighted by Gasteiger charge is 2.27. The number of hydrogen-bond acceptors (Lipinski definition) is 6. The van der Waals surface area contributed by atoms with Crippen LogP contribution in [0.25, 0.3) is 0 Å². The molecule has 0 aromatic carbocycles. The van der Waals surface area contributed by atoms with E-state index in [0.29, 0.717) is 18.0 Å². The van der Waals surface area contributed by atoms with Crippen LogP contribution in [0.3, 0.4) is 0 Å². The number of carbonyl (C=O) groups excluding carboxylic acids is 2. The lowest BCUT2D eigenvalue weighted by Gasteiger charge is -2.31. The number of aryl methyl sites for hydroxylation is 2. The summed E-state index contributed by atoms with van der Waals surface area (Å²) in [7, 11) is 1.83. The van der Waals surface area contributed by atoms with Gasteiger partial charge in [-0.25, -0.2) is 4.98 Å². The molecule has 2 amide bonds. The molecule has 0 unspecified atom stereocenters.